The summed E-state index contributed by atoms with van der Waals surface area (Å²) in [4.78, 5) is 3.04. The molecule has 0 aromatic carbocycles. The fraction of sp³-hybridized carbons (Fsp3) is 0.636. The molecule has 1 unspecified atom stereocenters. The second kappa shape index (κ2) is 5.26. The third-order valence-corrected chi connectivity index (χ3v) is 6.19. The van der Waals surface area contributed by atoms with Gasteiger partial charge in [-0.05, 0) is 26.6 Å². The van der Waals surface area contributed by atoms with Crippen molar-refractivity contribution in [1.29, 1.82) is 0 Å². The molecule has 102 valence electrons. The van der Waals surface area contributed by atoms with Gasteiger partial charge in [-0.2, -0.15) is 4.31 Å². The summed E-state index contributed by atoms with van der Waals surface area (Å²) in [5.74, 6) is 0. The molecule has 1 aromatic rings. The second-order valence-electron chi connectivity index (χ2n) is 4.68. The van der Waals surface area contributed by atoms with Crippen LogP contribution in [-0.2, 0) is 16.6 Å². The molecule has 1 aromatic heterocycles. The van der Waals surface area contributed by atoms with E-state index in [1.165, 1.54) is 15.6 Å². The van der Waals surface area contributed by atoms with Crippen molar-refractivity contribution >= 4 is 21.4 Å². The predicted octanol–water partition coefficient (Wildman–Crippen LogP) is 0.565. The standard InChI is InChI=1S/C11H18N2O3S2/c1-12(2)9-3-4-13(6-9)18(15,16)11-5-10(7-14)17-8-11/h5,8-9,14H,3-4,6-7H2,1-2H3. The van der Waals surface area contributed by atoms with E-state index in [0.29, 0.717) is 22.9 Å². The molecule has 18 heavy (non-hydrogen) atoms. The molecule has 2 heterocycles. The third-order valence-electron chi connectivity index (χ3n) is 3.28. The van der Waals surface area contributed by atoms with Gasteiger partial charge in [0.05, 0.1) is 11.5 Å². The number of hydrogen-bond acceptors (Lipinski definition) is 5. The van der Waals surface area contributed by atoms with E-state index in [4.69, 9.17) is 5.11 Å². The number of thiophene rings is 1. The molecule has 1 fully saturated rings. The van der Waals surface area contributed by atoms with E-state index in [0.717, 1.165) is 6.42 Å². The SMILES string of the molecule is CN(C)C1CCN(S(=O)(=O)c2csc(CO)c2)C1. The van der Waals surface area contributed by atoms with Gasteiger partial charge in [-0.3, -0.25) is 0 Å². The Morgan fingerprint density at radius 1 is 1.56 bits per heavy atom. The minimum Gasteiger partial charge on any atom is -0.391 e. The Hall–Kier alpha value is -0.470. The van der Waals surface area contributed by atoms with Crippen LogP contribution in [0.15, 0.2) is 16.3 Å². The van der Waals surface area contributed by atoms with Gasteiger partial charge in [0, 0.05) is 29.4 Å². The van der Waals surface area contributed by atoms with E-state index < -0.39 is 10.0 Å². The van der Waals surface area contributed by atoms with Gasteiger partial charge >= 0.3 is 0 Å². The van der Waals surface area contributed by atoms with Crippen LogP contribution in [0.2, 0.25) is 0 Å². The quantitative estimate of drug-likeness (QED) is 0.880. The molecule has 1 saturated heterocycles. The fourth-order valence-corrected chi connectivity index (χ4v) is 4.69. The van der Waals surface area contributed by atoms with Gasteiger partial charge in [0.15, 0.2) is 0 Å². The fourth-order valence-electron chi connectivity index (χ4n) is 2.08. The smallest absolute Gasteiger partial charge is 0.243 e. The van der Waals surface area contributed by atoms with Crippen LogP contribution in [0.1, 0.15) is 11.3 Å². The molecule has 1 aliphatic rings. The summed E-state index contributed by atoms with van der Waals surface area (Å²) in [6.45, 7) is 0.996. The van der Waals surface area contributed by atoms with Gasteiger partial charge in [0.1, 0.15) is 0 Å². The summed E-state index contributed by atoms with van der Waals surface area (Å²) in [5, 5.41) is 10.6. The average molecular weight is 290 g/mol. The van der Waals surface area contributed by atoms with Crippen LogP contribution in [0, 0.1) is 0 Å². The summed E-state index contributed by atoms with van der Waals surface area (Å²) in [6, 6.07) is 1.85. The number of likely N-dealkylation sites (N-methyl/N-ethyl adjacent to an activating group) is 1. The summed E-state index contributed by atoms with van der Waals surface area (Å²) < 4.78 is 26.3. The molecule has 2 rings (SSSR count). The van der Waals surface area contributed by atoms with Crippen molar-refractivity contribution in [3.63, 3.8) is 0 Å². The first kappa shape index (κ1) is 14.0. The molecule has 1 atom stereocenters. The molecule has 0 spiro atoms. The Morgan fingerprint density at radius 3 is 2.78 bits per heavy atom. The molecular weight excluding hydrogens is 272 g/mol. The van der Waals surface area contributed by atoms with Gasteiger partial charge in [-0.15, -0.1) is 11.3 Å². The summed E-state index contributed by atoms with van der Waals surface area (Å²) in [7, 11) is 0.547. The zero-order chi connectivity index (χ0) is 13.3. The predicted molar refractivity (Wildman–Crippen MR) is 71.1 cm³/mol. The average Bonchev–Trinajstić information content (AvgIpc) is 2.98. The Morgan fingerprint density at radius 2 is 2.28 bits per heavy atom. The van der Waals surface area contributed by atoms with Crippen LogP contribution in [0.25, 0.3) is 0 Å². The first-order valence-corrected chi connectivity index (χ1v) is 8.12. The number of nitrogens with zero attached hydrogens (tertiary/aromatic N) is 2. The highest BCUT2D eigenvalue weighted by molar-refractivity contribution is 7.89. The normalized spacial score (nSPS) is 21.9. The summed E-state index contributed by atoms with van der Waals surface area (Å²) in [6.07, 6.45) is 0.864. The molecular formula is C11H18N2O3S2. The molecule has 0 aliphatic carbocycles. The molecule has 0 amide bonds. The monoisotopic (exact) mass is 290 g/mol. The molecule has 7 heteroatoms. The van der Waals surface area contributed by atoms with Crippen molar-refractivity contribution in [2.75, 3.05) is 27.2 Å². The number of aliphatic hydroxyl groups is 1. The van der Waals surface area contributed by atoms with Gasteiger partial charge < -0.3 is 10.0 Å². The molecule has 0 bridgehead atoms. The lowest BCUT2D eigenvalue weighted by molar-refractivity contribution is 0.285. The van der Waals surface area contributed by atoms with Gasteiger partial charge in [-0.25, -0.2) is 8.42 Å². The topological polar surface area (TPSA) is 60.9 Å². The van der Waals surface area contributed by atoms with Crippen molar-refractivity contribution in [3.05, 3.63) is 16.3 Å². The van der Waals surface area contributed by atoms with Crippen LogP contribution < -0.4 is 0 Å². The number of sulfonamides is 1. The van der Waals surface area contributed by atoms with Crippen molar-refractivity contribution in [1.82, 2.24) is 9.21 Å². The van der Waals surface area contributed by atoms with Crippen LogP contribution in [0.5, 0.6) is 0 Å². The first-order valence-electron chi connectivity index (χ1n) is 5.80. The van der Waals surface area contributed by atoms with E-state index in [1.807, 2.05) is 14.1 Å². The highest BCUT2D eigenvalue weighted by atomic mass is 32.2. The van der Waals surface area contributed by atoms with E-state index in [2.05, 4.69) is 4.90 Å². The minimum atomic E-state index is -3.39. The first-order chi connectivity index (χ1) is 8.45. The molecule has 0 saturated carbocycles. The van der Waals surface area contributed by atoms with E-state index in [9.17, 15) is 8.42 Å². The largest absolute Gasteiger partial charge is 0.391 e. The number of hydrogen-bond donors (Lipinski definition) is 1. The molecule has 5 nitrogen and oxygen atoms in total. The maximum Gasteiger partial charge on any atom is 0.243 e. The number of aliphatic hydroxyl groups excluding tert-OH is 1. The lowest BCUT2D eigenvalue weighted by atomic mass is 10.2. The van der Waals surface area contributed by atoms with Gasteiger partial charge in [0.2, 0.25) is 10.0 Å². The summed E-state index contributed by atoms with van der Waals surface area (Å²) in [5.41, 5.74) is 0. The zero-order valence-corrected chi connectivity index (χ0v) is 12.2. The maximum absolute atomic E-state index is 12.4. The van der Waals surface area contributed by atoms with Gasteiger partial charge in [0.25, 0.3) is 0 Å². The lowest BCUT2D eigenvalue weighted by Gasteiger charge is -2.19. The highest BCUT2D eigenvalue weighted by Gasteiger charge is 2.33. The van der Waals surface area contributed by atoms with Gasteiger partial charge in [-0.1, -0.05) is 0 Å². The van der Waals surface area contributed by atoms with E-state index >= 15 is 0 Å². The molecule has 0 radical (unpaired) electrons. The van der Waals surface area contributed by atoms with Crippen molar-refractivity contribution in [2.24, 2.45) is 0 Å². The van der Waals surface area contributed by atoms with Crippen LogP contribution in [0.4, 0.5) is 0 Å². The zero-order valence-electron chi connectivity index (χ0n) is 10.5. The molecule has 1 aliphatic heterocycles. The Kier molecular flexibility index (Phi) is 4.08. The third kappa shape index (κ3) is 2.60. The lowest BCUT2D eigenvalue weighted by Crippen LogP contribution is -2.34. The van der Waals surface area contributed by atoms with E-state index in [-0.39, 0.29) is 12.6 Å². The van der Waals surface area contributed by atoms with Crippen molar-refractivity contribution in [3.8, 4) is 0 Å². The van der Waals surface area contributed by atoms with Crippen molar-refractivity contribution in [2.45, 2.75) is 24.0 Å². The Bertz CT molecular complexity index is 510. The Balaban J connectivity index is 2.17. The second-order valence-corrected chi connectivity index (χ2v) is 7.61. The maximum atomic E-state index is 12.4. The number of rotatable bonds is 4. The van der Waals surface area contributed by atoms with Crippen LogP contribution in [0.3, 0.4) is 0 Å². The highest BCUT2D eigenvalue weighted by Crippen LogP contribution is 2.26. The molecule has 1 N–H and O–H groups in total. The van der Waals surface area contributed by atoms with E-state index in [1.54, 1.807) is 11.4 Å². The minimum absolute atomic E-state index is 0.111. The van der Waals surface area contributed by atoms with Crippen LogP contribution >= 0.6 is 11.3 Å². The Labute approximate surface area is 112 Å². The van der Waals surface area contributed by atoms with Crippen molar-refractivity contribution < 1.29 is 13.5 Å². The van der Waals surface area contributed by atoms with Crippen LogP contribution in [-0.4, -0.2) is 56.0 Å². The summed E-state index contributed by atoms with van der Waals surface area (Å²) >= 11 is 1.28.